The van der Waals surface area contributed by atoms with E-state index in [1.807, 2.05) is 0 Å². The summed E-state index contributed by atoms with van der Waals surface area (Å²) < 4.78 is 10.0. The van der Waals surface area contributed by atoms with Crippen LogP contribution in [-0.2, 0) is 9.31 Å². The van der Waals surface area contributed by atoms with Crippen molar-refractivity contribution in [3.05, 3.63) is 25.3 Å². The maximum absolute atomic E-state index is 5.09. The minimum Gasteiger partial charge on any atom is -0.397 e. The van der Waals surface area contributed by atoms with Crippen LogP contribution in [0.1, 0.15) is 0 Å². The fraction of sp³-hybridized carbons (Fsp3) is 0.250. The van der Waals surface area contributed by atoms with E-state index in [2.05, 4.69) is 19.0 Å². The Morgan fingerprint density at radius 2 is 1.73 bits per heavy atom. The monoisotopic (exact) mass is 150 g/mol. The molecule has 0 fully saturated rings. The van der Waals surface area contributed by atoms with Gasteiger partial charge in [-0.05, 0) is 0 Å². The molecular weight excluding hydrogens is 139 g/mol. The van der Waals surface area contributed by atoms with Gasteiger partial charge in [-0.1, -0.05) is 18.0 Å². The molecule has 0 bridgehead atoms. The summed E-state index contributed by atoms with van der Waals surface area (Å²) in [4.78, 5) is 0. The average Bonchev–Trinajstić information content (AvgIpc) is 2.05. The smallest absolute Gasteiger partial charge is 0.397 e. The summed E-state index contributed by atoms with van der Waals surface area (Å²) in [7, 11) is -0.592. The highest BCUT2D eigenvalue weighted by atomic mass is 16.6. The zero-order valence-electron chi connectivity index (χ0n) is 6.45. The lowest BCUT2D eigenvalue weighted by atomic mass is 9.93. The molecule has 0 radical (unpaired) electrons. The van der Waals surface area contributed by atoms with E-state index in [0.29, 0.717) is 13.2 Å². The van der Waals surface area contributed by atoms with E-state index in [9.17, 15) is 0 Å². The molecule has 2 nitrogen and oxygen atoms in total. The summed E-state index contributed by atoms with van der Waals surface area (Å²) in [6, 6.07) is 0. The first kappa shape index (κ1) is 10.0. The molecule has 0 aromatic rings. The van der Waals surface area contributed by atoms with Gasteiger partial charge in [-0.2, -0.15) is 0 Å². The minimum atomic E-state index is -0.592. The van der Waals surface area contributed by atoms with E-state index in [0.717, 1.165) is 0 Å². The molecule has 0 rings (SSSR count). The number of terminal acetylenes is 1. The van der Waals surface area contributed by atoms with E-state index >= 15 is 0 Å². The largest absolute Gasteiger partial charge is 0.550 e. The van der Waals surface area contributed by atoms with Gasteiger partial charge in [0, 0.05) is 0 Å². The predicted molar refractivity (Wildman–Crippen MR) is 46.9 cm³/mol. The van der Waals surface area contributed by atoms with Gasteiger partial charge in [-0.3, -0.25) is 0 Å². The van der Waals surface area contributed by atoms with Crippen molar-refractivity contribution in [1.29, 1.82) is 0 Å². The van der Waals surface area contributed by atoms with E-state index in [1.165, 1.54) is 0 Å². The summed E-state index contributed by atoms with van der Waals surface area (Å²) in [6.07, 6.45) is 8.31. The van der Waals surface area contributed by atoms with Crippen molar-refractivity contribution in [2.75, 3.05) is 13.2 Å². The molecule has 58 valence electrons. The van der Waals surface area contributed by atoms with E-state index < -0.39 is 7.12 Å². The molecule has 0 amide bonds. The molecular formula is C8H11BO2. The number of rotatable bonds is 6. The Balaban J connectivity index is 3.50. The maximum atomic E-state index is 5.09. The van der Waals surface area contributed by atoms with Gasteiger partial charge in [0.2, 0.25) is 0 Å². The summed E-state index contributed by atoms with van der Waals surface area (Å²) in [6.45, 7) is 7.75. The summed E-state index contributed by atoms with van der Waals surface area (Å²) in [5.74, 6) is 2.33. The highest BCUT2D eigenvalue weighted by Gasteiger charge is 2.12. The van der Waals surface area contributed by atoms with Crippen molar-refractivity contribution < 1.29 is 9.31 Å². The molecule has 0 aliphatic carbocycles. The van der Waals surface area contributed by atoms with Crippen molar-refractivity contribution in [2.24, 2.45) is 0 Å². The molecule has 0 heterocycles. The quantitative estimate of drug-likeness (QED) is 0.320. The molecule has 0 aromatic heterocycles. The van der Waals surface area contributed by atoms with Gasteiger partial charge in [-0.15, -0.1) is 19.6 Å². The zero-order chi connectivity index (χ0) is 8.53. The van der Waals surface area contributed by atoms with Crippen molar-refractivity contribution in [1.82, 2.24) is 0 Å². The fourth-order valence-electron chi connectivity index (χ4n) is 0.455. The zero-order valence-corrected chi connectivity index (χ0v) is 6.45. The Morgan fingerprint density at radius 3 is 2.00 bits per heavy atom. The topological polar surface area (TPSA) is 18.5 Å². The summed E-state index contributed by atoms with van der Waals surface area (Å²) in [5, 5.41) is 0. The highest BCUT2D eigenvalue weighted by molar-refractivity contribution is 6.54. The van der Waals surface area contributed by atoms with E-state index in [-0.39, 0.29) is 0 Å². The second-order valence-corrected chi connectivity index (χ2v) is 1.74. The second-order valence-electron chi connectivity index (χ2n) is 1.74. The third kappa shape index (κ3) is 5.47. The first-order chi connectivity index (χ1) is 5.35. The molecule has 0 aliphatic heterocycles. The lowest BCUT2D eigenvalue weighted by Gasteiger charge is -2.04. The standard InChI is InChI=1S/C8H11BO2/c1-4-7-10-9(6-3)11-8-5-2/h3-5H,1-2,7-8H2. The molecule has 0 atom stereocenters. The molecule has 0 aromatic carbocycles. The van der Waals surface area contributed by atoms with Crippen LogP contribution < -0.4 is 0 Å². The normalized spacial score (nSPS) is 8.27. The van der Waals surface area contributed by atoms with Crippen LogP contribution in [0.4, 0.5) is 0 Å². The van der Waals surface area contributed by atoms with Gasteiger partial charge in [-0.25, -0.2) is 0 Å². The Hall–Kier alpha value is -0.975. The fourth-order valence-corrected chi connectivity index (χ4v) is 0.455. The number of hydrogen-bond acceptors (Lipinski definition) is 2. The molecule has 3 heteroatoms. The van der Waals surface area contributed by atoms with Crippen LogP contribution in [0.5, 0.6) is 0 Å². The van der Waals surface area contributed by atoms with Gasteiger partial charge in [0.15, 0.2) is 0 Å². The first-order valence-corrected chi connectivity index (χ1v) is 3.26. The van der Waals surface area contributed by atoms with E-state index in [4.69, 9.17) is 15.7 Å². The lowest BCUT2D eigenvalue weighted by molar-refractivity contribution is 0.246. The van der Waals surface area contributed by atoms with Gasteiger partial charge < -0.3 is 9.31 Å². The molecule has 0 spiro atoms. The van der Waals surface area contributed by atoms with Crippen LogP contribution in [0.25, 0.3) is 0 Å². The summed E-state index contributed by atoms with van der Waals surface area (Å²) in [5.41, 5.74) is 0. The second kappa shape index (κ2) is 7.14. The first-order valence-electron chi connectivity index (χ1n) is 3.26. The maximum Gasteiger partial charge on any atom is 0.550 e. The van der Waals surface area contributed by atoms with Crippen molar-refractivity contribution in [3.8, 4) is 12.2 Å². The average molecular weight is 150 g/mol. The van der Waals surface area contributed by atoms with Crippen LogP contribution in [0.2, 0.25) is 0 Å². The summed E-state index contributed by atoms with van der Waals surface area (Å²) >= 11 is 0. The Bertz CT molecular complexity index is 148. The lowest BCUT2D eigenvalue weighted by Crippen LogP contribution is -2.21. The van der Waals surface area contributed by atoms with Crippen LogP contribution in [0.3, 0.4) is 0 Å². The molecule has 0 saturated heterocycles. The van der Waals surface area contributed by atoms with Crippen LogP contribution in [-0.4, -0.2) is 20.3 Å². The Morgan fingerprint density at radius 1 is 1.27 bits per heavy atom. The SMILES string of the molecule is C#CB(OCC=C)OCC=C. The van der Waals surface area contributed by atoms with Crippen LogP contribution >= 0.6 is 0 Å². The van der Waals surface area contributed by atoms with E-state index in [1.54, 1.807) is 12.2 Å². The molecule has 0 unspecified atom stereocenters. The van der Waals surface area contributed by atoms with Crippen molar-refractivity contribution in [3.63, 3.8) is 0 Å². The van der Waals surface area contributed by atoms with Crippen molar-refractivity contribution in [2.45, 2.75) is 0 Å². The molecule has 0 N–H and O–H groups in total. The van der Waals surface area contributed by atoms with Gasteiger partial charge in [0.1, 0.15) is 0 Å². The number of hydrogen-bond donors (Lipinski definition) is 0. The predicted octanol–water partition coefficient (Wildman–Crippen LogP) is 1.05. The minimum absolute atomic E-state index is 0.395. The molecule has 11 heavy (non-hydrogen) atoms. The van der Waals surface area contributed by atoms with Gasteiger partial charge in [0.05, 0.1) is 13.2 Å². The van der Waals surface area contributed by atoms with Crippen molar-refractivity contribution >= 4 is 7.12 Å². The Kier molecular flexibility index (Phi) is 6.50. The highest BCUT2D eigenvalue weighted by Crippen LogP contribution is 1.87. The molecule has 0 aliphatic rings. The van der Waals surface area contributed by atoms with Crippen LogP contribution in [0, 0.1) is 12.2 Å². The third-order valence-corrected chi connectivity index (χ3v) is 0.867. The Labute approximate surface area is 68.0 Å². The van der Waals surface area contributed by atoms with Gasteiger partial charge in [0.25, 0.3) is 0 Å². The van der Waals surface area contributed by atoms with Gasteiger partial charge >= 0.3 is 7.12 Å². The third-order valence-electron chi connectivity index (χ3n) is 0.867. The van der Waals surface area contributed by atoms with Crippen LogP contribution in [0.15, 0.2) is 25.3 Å². The molecule has 0 saturated carbocycles.